The highest BCUT2D eigenvalue weighted by Gasteiger charge is 2.59. The molecule has 0 saturated carbocycles. The highest BCUT2D eigenvalue weighted by molar-refractivity contribution is 5.79. The van der Waals surface area contributed by atoms with Crippen molar-refractivity contribution in [2.75, 3.05) is 6.61 Å². The average Bonchev–Trinajstić information content (AvgIpc) is 2.58. The summed E-state index contributed by atoms with van der Waals surface area (Å²) < 4.78 is 10.3. The number of carbonyl (C=O) groups excluding carboxylic acids is 1. The third kappa shape index (κ3) is 2.71. The first-order valence-corrected chi connectivity index (χ1v) is 5.13. The predicted octanol–water partition coefficient (Wildman–Crippen LogP) is 2.14. The maximum absolute atomic E-state index is 11.4. The Labute approximate surface area is 85.8 Å². The van der Waals surface area contributed by atoms with Gasteiger partial charge in [-0.05, 0) is 25.7 Å². The monoisotopic (exact) mass is 200 g/mol. The van der Waals surface area contributed by atoms with Crippen LogP contribution in [0.1, 0.15) is 41.0 Å². The second kappa shape index (κ2) is 3.54. The molecular formula is C11H20O3. The molecule has 1 fully saturated rings. The number of epoxide rings is 1. The van der Waals surface area contributed by atoms with Crippen LogP contribution in [0.3, 0.4) is 0 Å². The van der Waals surface area contributed by atoms with E-state index in [1.807, 2.05) is 6.92 Å². The fourth-order valence-electron chi connectivity index (χ4n) is 1.94. The van der Waals surface area contributed by atoms with Crippen LogP contribution in [0.15, 0.2) is 0 Å². The van der Waals surface area contributed by atoms with E-state index < -0.39 is 0 Å². The Morgan fingerprint density at radius 2 is 2.07 bits per heavy atom. The summed E-state index contributed by atoms with van der Waals surface area (Å²) in [5.41, 5.74) is -0.125. The van der Waals surface area contributed by atoms with Gasteiger partial charge in [0.05, 0.1) is 6.61 Å². The van der Waals surface area contributed by atoms with Crippen molar-refractivity contribution in [3.8, 4) is 0 Å². The standard InChI is InChI=1S/C11H20O3/c1-6-13-9(12)8-11(5,14-8)7-10(2,3)4/h8H,6-7H2,1-5H3. The molecule has 0 aromatic heterocycles. The quantitative estimate of drug-likeness (QED) is 0.517. The van der Waals surface area contributed by atoms with Crippen molar-refractivity contribution >= 4 is 5.97 Å². The molecule has 2 unspecified atom stereocenters. The Morgan fingerprint density at radius 1 is 1.50 bits per heavy atom. The lowest BCUT2D eigenvalue weighted by Crippen LogP contribution is -2.25. The Bertz CT molecular complexity index is 229. The molecule has 0 aromatic rings. The zero-order chi connectivity index (χ0) is 11.0. The molecule has 0 N–H and O–H groups in total. The summed E-state index contributed by atoms with van der Waals surface area (Å²) in [7, 11) is 0. The van der Waals surface area contributed by atoms with Crippen LogP contribution in [0.25, 0.3) is 0 Å². The molecule has 1 rings (SSSR count). The molecule has 3 nitrogen and oxygen atoms in total. The van der Waals surface area contributed by atoms with Gasteiger partial charge in [0.15, 0.2) is 6.10 Å². The first kappa shape index (κ1) is 11.5. The predicted molar refractivity (Wildman–Crippen MR) is 54.0 cm³/mol. The van der Waals surface area contributed by atoms with Crippen molar-refractivity contribution in [1.82, 2.24) is 0 Å². The number of hydrogen-bond donors (Lipinski definition) is 0. The van der Waals surface area contributed by atoms with Crippen molar-refractivity contribution in [3.63, 3.8) is 0 Å². The van der Waals surface area contributed by atoms with Crippen molar-refractivity contribution < 1.29 is 14.3 Å². The molecule has 14 heavy (non-hydrogen) atoms. The second-order valence-electron chi connectivity index (χ2n) is 5.30. The Hall–Kier alpha value is -0.570. The molecule has 0 aromatic carbocycles. The maximum atomic E-state index is 11.4. The molecule has 0 bridgehead atoms. The topological polar surface area (TPSA) is 38.8 Å². The van der Waals surface area contributed by atoms with E-state index in [1.54, 1.807) is 6.92 Å². The van der Waals surface area contributed by atoms with Crippen LogP contribution in [0.4, 0.5) is 0 Å². The highest BCUT2D eigenvalue weighted by atomic mass is 16.7. The summed E-state index contributed by atoms with van der Waals surface area (Å²) in [6, 6.07) is 0. The zero-order valence-electron chi connectivity index (χ0n) is 9.72. The van der Waals surface area contributed by atoms with Gasteiger partial charge in [-0.3, -0.25) is 0 Å². The third-order valence-electron chi connectivity index (χ3n) is 2.27. The normalized spacial score (nSPS) is 31.4. The van der Waals surface area contributed by atoms with Crippen molar-refractivity contribution in [3.05, 3.63) is 0 Å². The number of hydrogen-bond acceptors (Lipinski definition) is 3. The average molecular weight is 200 g/mol. The van der Waals surface area contributed by atoms with Crippen LogP contribution >= 0.6 is 0 Å². The molecule has 0 amide bonds. The van der Waals surface area contributed by atoms with Crippen LogP contribution < -0.4 is 0 Å². The van der Waals surface area contributed by atoms with E-state index in [1.165, 1.54) is 0 Å². The molecule has 1 heterocycles. The molecule has 2 atom stereocenters. The van der Waals surface area contributed by atoms with E-state index in [9.17, 15) is 4.79 Å². The first-order chi connectivity index (χ1) is 6.28. The third-order valence-corrected chi connectivity index (χ3v) is 2.27. The van der Waals surface area contributed by atoms with Crippen LogP contribution in [0.2, 0.25) is 0 Å². The minimum absolute atomic E-state index is 0.177. The maximum Gasteiger partial charge on any atom is 0.338 e. The Kier molecular flexibility index (Phi) is 2.91. The van der Waals surface area contributed by atoms with Gasteiger partial charge in [-0.1, -0.05) is 20.8 Å². The number of rotatable bonds is 3. The summed E-state index contributed by atoms with van der Waals surface area (Å²) in [5, 5.41) is 0. The van der Waals surface area contributed by atoms with Crippen LogP contribution in [0.5, 0.6) is 0 Å². The van der Waals surface area contributed by atoms with Crippen LogP contribution in [0, 0.1) is 5.41 Å². The smallest absolute Gasteiger partial charge is 0.338 e. The lowest BCUT2D eigenvalue weighted by Gasteiger charge is -2.20. The van der Waals surface area contributed by atoms with Gasteiger partial charge < -0.3 is 9.47 Å². The van der Waals surface area contributed by atoms with E-state index in [-0.39, 0.29) is 23.1 Å². The molecule has 82 valence electrons. The molecule has 1 aliphatic heterocycles. The van der Waals surface area contributed by atoms with Gasteiger partial charge in [-0.15, -0.1) is 0 Å². The van der Waals surface area contributed by atoms with Crippen molar-refractivity contribution in [2.45, 2.75) is 52.7 Å². The summed E-state index contributed by atoms with van der Waals surface area (Å²) in [4.78, 5) is 11.4. The number of ether oxygens (including phenoxy) is 2. The van der Waals surface area contributed by atoms with E-state index in [2.05, 4.69) is 20.8 Å². The van der Waals surface area contributed by atoms with E-state index in [4.69, 9.17) is 9.47 Å². The van der Waals surface area contributed by atoms with E-state index in [0.29, 0.717) is 6.61 Å². The SMILES string of the molecule is CCOC(=O)C1OC1(C)CC(C)(C)C. The molecule has 0 radical (unpaired) electrons. The zero-order valence-corrected chi connectivity index (χ0v) is 9.72. The highest BCUT2D eigenvalue weighted by Crippen LogP contribution is 2.45. The number of carbonyl (C=O) groups is 1. The first-order valence-electron chi connectivity index (χ1n) is 5.13. The Morgan fingerprint density at radius 3 is 2.50 bits per heavy atom. The molecule has 3 heteroatoms. The largest absolute Gasteiger partial charge is 0.464 e. The van der Waals surface area contributed by atoms with Crippen LogP contribution in [-0.2, 0) is 14.3 Å². The lowest BCUT2D eigenvalue weighted by molar-refractivity contribution is -0.144. The van der Waals surface area contributed by atoms with Crippen molar-refractivity contribution in [1.29, 1.82) is 0 Å². The van der Waals surface area contributed by atoms with E-state index >= 15 is 0 Å². The van der Waals surface area contributed by atoms with Gasteiger partial charge in [-0.25, -0.2) is 4.79 Å². The van der Waals surface area contributed by atoms with Gasteiger partial charge >= 0.3 is 5.97 Å². The van der Waals surface area contributed by atoms with Gasteiger partial charge in [0, 0.05) is 0 Å². The summed E-state index contributed by atoms with van der Waals surface area (Å²) in [6.07, 6.45) is 0.533. The fraction of sp³-hybridized carbons (Fsp3) is 0.909. The molecule has 1 aliphatic rings. The molecule has 0 aliphatic carbocycles. The van der Waals surface area contributed by atoms with E-state index in [0.717, 1.165) is 6.42 Å². The lowest BCUT2D eigenvalue weighted by atomic mass is 9.84. The summed E-state index contributed by atoms with van der Waals surface area (Å²) in [6.45, 7) is 10.6. The summed E-state index contributed by atoms with van der Waals surface area (Å²) in [5.74, 6) is -0.223. The minimum atomic E-state index is -0.346. The van der Waals surface area contributed by atoms with Gasteiger partial charge in [0.2, 0.25) is 0 Å². The molecule has 0 spiro atoms. The molecule has 1 saturated heterocycles. The fourth-order valence-corrected chi connectivity index (χ4v) is 1.94. The van der Waals surface area contributed by atoms with Gasteiger partial charge in [0.25, 0.3) is 0 Å². The summed E-state index contributed by atoms with van der Waals surface area (Å²) >= 11 is 0. The molecular weight excluding hydrogens is 180 g/mol. The van der Waals surface area contributed by atoms with Crippen LogP contribution in [-0.4, -0.2) is 24.3 Å². The van der Waals surface area contributed by atoms with Crippen molar-refractivity contribution in [2.24, 2.45) is 5.41 Å². The second-order valence-corrected chi connectivity index (χ2v) is 5.30. The Balaban J connectivity index is 2.46. The van der Waals surface area contributed by atoms with Gasteiger partial charge in [-0.2, -0.15) is 0 Å². The van der Waals surface area contributed by atoms with Gasteiger partial charge in [0.1, 0.15) is 5.60 Å². The minimum Gasteiger partial charge on any atom is -0.464 e. The number of esters is 1.